The monoisotopic (exact) mass is 376 g/mol. The molecule has 4 rings (SSSR count). The van der Waals surface area contributed by atoms with Crippen LogP contribution in [-0.4, -0.2) is 25.0 Å². The van der Waals surface area contributed by atoms with E-state index >= 15 is 0 Å². The third-order valence-electron chi connectivity index (χ3n) is 5.44. The molecule has 1 aliphatic rings. The van der Waals surface area contributed by atoms with Gasteiger partial charge in [-0.3, -0.25) is 4.79 Å². The zero-order chi connectivity index (χ0) is 19.5. The number of amides is 1. The number of benzene rings is 2. The van der Waals surface area contributed by atoms with E-state index in [9.17, 15) is 9.59 Å². The second kappa shape index (κ2) is 7.89. The van der Waals surface area contributed by atoms with E-state index in [1.165, 1.54) is 11.6 Å². The topological polar surface area (TPSA) is 62.6 Å². The summed E-state index contributed by atoms with van der Waals surface area (Å²) in [6.07, 6.45) is 1.70. The van der Waals surface area contributed by atoms with Gasteiger partial charge < -0.3 is 14.6 Å². The predicted octanol–water partition coefficient (Wildman–Crippen LogP) is 3.68. The van der Waals surface area contributed by atoms with Gasteiger partial charge in [-0.1, -0.05) is 49.4 Å². The molecule has 28 heavy (non-hydrogen) atoms. The number of anilines is 1. The lowest BCUT2D eigenvalue weighted by molar-refractivity contribution is -0.122. The maximum Gasteiger partial charge on any atom is 0.338 e. The maximum atomic E-state index is 12.9. The number of para-hydroxylation sites is 1. The van der Waals surface area contributed by atoms with Crippen LogP contribution in [0.2, 0.25) is 0 Å². The molecular weight excluding hydrogens is 352 g/mol. The van der Waals surface area contributed by atoms with Crippen molar-refractivity contribution in [3.05, 3.63) is 76.6 Å². The number of nitrogens with zero attached hydrogens (tertiary/aromatic N) is 1. The fourth-order valence-electron chi connectivity index (χ4n) is 3.93. The zero-order valence-corrected chi connectivity index (χ0v) is 15.9. The summed E-state index contributed by atoms with van der Waals surface area (Å²) in [5, 5.41) is 3.96. The van der Waals surface area contributed by atoms with Gasteiger partial charge in [-0.25, -0.2) is 4.79 Å². The molecule has 0 aliphatic carbocycles. The van der Waals surface area contributed by atoms with Crippen molar-refractivity contribution in [1.29, 1.82) is 0 Å². The van der Waals surface area contributed by atoms with E-state index in [1.54, 1.807) is 6.07 Å². The summed E-state index contributed by atoms with van der Waals surface area (Å²) in [5.74, 6) is 0.252. The lowest BCUT2D eigenvalue weighted by atomic mass is 10.0. The number of hydrogen-bond acceptors (Lipinski definition) is 4. The number of nitrogens with one attached hydrogen (secondary N) is 1. The molecule has 1 unspecified atom stereocenters. The summed E-state index contributed by atoms with van der Waals surface area (Å²) in [4.78, 5) is 27.0. The van der Waals surface area contributed by atoms with Crippen LogP contribution in [0.5, 0.6) is 0 Å². The van der Waals surface area contributed by atoms with Crippen LogP contribution in [0.25, 0.3) is 11.0 Å². The molecule has 0 saturated carbocycles. The van der Waals surface area contributed by atoms with E-state index in [1.807, 2.05) is 41.3 Å². The van der Waals surface area contributed by atoms with Crippen molar-refractivity contribution >= 4 is 22.6 Å². The standard InChI is InChI=1S/C23H24N2O3/c1-16(17-8-3-2-4-9-17)15-24-23(27)19-11-7-13-25(19)20-14-22(26)28-21-12-6-5-10-18(20)21/h2-6,8-10,12,14,16,19H,7,11,13,15H2,1H3,(H,24,27)/t16?,19-/m0/s1. The van der Waals surface area contributed by atoms with E-state index in [2.05, 4.69) is 24.4 Å². The number of rotatable bonds is 5. The van der Waals surface area contributed by atoms with Crippen molar-refractivity contribution in [3.63, 3.8) is 0 Å². The van der Waals surface area contributed by atoms with E-state index in [0.717, 1.165) is 30.5 Å². The highest BCUT2D eigenvalue weighted by Crippen LogP contribution is 2.31. The van der Waals surface area contributed by atoms with Crippen LogP contribution >= 0.6 is 0 Å². The molecule has 1 fully saturated rings. The van der Waals surface area contributed by atoms with Crippen LogP contribution in [0, 0.1) is 0 Å². The Hall–Kier alpha value is -3.08. The number of fused-ring (bicyclic) bond motifs is 1. The Morgan fingerprint density at radius 2 is 1.93 bits per heavy atom. The van der Waals surface area contributed by atoms with Gasteiger partial charge >= 0.3 is 5.63 Å². The average Bonchev–Trinajstić information content (AvgIpc) is 3.21. The Balaban J connectivity index is 1.52. The Kier molecular flexibility index (Phi) is 5.15. The Labute approximate surface area is 164 Å². The zero-order valence-electron chi connectivity index (χ0n) is 15.9. The van der Waals surface area contributed by atoms with Crippen molar-refractivity contribution in [2.24, 2.45) is 0 Å². The third kappa shape index (κ3) is 3.65. The van der Waals surface area contributed by atoms with Crippen LogP contribution in [0.3, 0.4) is 0 Å². The van der Waals surface area contributed by atoms with Crippen LogP contribution in [-0.2, 0) is 4.79 Å². The highest BCUT2D eigenvalue weighted by atomic mass is 16.4. The predicted molar refractivity (Wildman–Crippen MR) is 111 cm³/mol. The molecule has 1 N–H and O–H groups in total. The third-order valence-corrected chi connectivity index (χ3v) is 5.44. The summed E-state index contributed by atoms with van der Waals surface area (Å²) >= 11 is 0. The lowest BCUT2D eigenvalue weighted by Gasteiger charge is -2.27. The summed E-state index contributed by atoms with van der Waals surface area (Å²) in [6.45, 7) is 3.45. The first-order valence-electron chi connectivity index (χ1n) is 9.75. The molecule has 0 bridgehead atoms. The Morgan fingerprint density at radius 1 is 1.18 bits per heavy atom. The minimum Gasteiger partial charge on any atom is -0.423 e. The second-order valence-electron chi connectivity index (χ2n) is 7.36. The summed E-state index contributed by atoms with van der Waals surface area (Å²) < 4.78 is 5.30. The summed E-state index contributed by atoms with van der Waals surface area (Å²) in [5.41, 5.74) is 2.14. The van der Waals surface area contributed by atoms with Gasteiger partial charge in [-0.2, -0.15) is 0 Å². The van der Waals surface area contributed by atoms with Crippen molar-refractivity contribution in [1.82, 2.24) is 5.32 Å². The molecule has 1 aromatic heterocycles. The first kappa shape index (κ1) is 18.3. The fraction of sp³-hybridized carbons (Fsp3) is 0.304. The van der Waals surface area contributed by atoms with Crippen molar-refractivity contribution in [2.45, 2.75) is 31.7 Å². The van der Waals surface area contributed by atoms with Crippen LogP contribution in [0.15, 0.2) is 69.9 Å². The highest BCUT2D eigenvalue weighted by molar-refractivity contribution is 5.94. The van der Waals surface area contributed by atoms with Crippen LogP contribution in [0.1, 0.15) is 31.2 Å². The smallest absolute Gasteiger partial charge is 0.338 e. The fourth-order valence-corrected chi connectivity index (χ4v) is 3.93. The molecule has 0 radical (unpaired) electrons. The van der Waals surface area contributed by atoms with E-state index in [0.29, 0.717) is 12.1 Å². The van der Waals surface area contributed by atoms with Gasteiger partial charge in [0.05, 0.1) is 5.69 Å². The van der Waals surface area contributed by atoms with Crippen molar-refractivity contribution in [2.75, 3.05) is 18.0 Å². The number of carbonyl (C=O) groups is 1. The SMILES string of the molecule is CC(CNC(=O)[C@@H]1CCCN1c1cc(=O)oc2ccccc12)c1ccccc1. The molecule has 0 spiro atoms. The van der Waals surface area contributed by atoms with Gasteiger partial charge in [-0.15, -0.1) is 0 Å². The highest BCUT2D eigenvalue weighted by Gasteiger charge is 2.32. The van der Waals surface area contributed by atoms with Crippen molar-refractivity contribution < 1.29 is 9.21 Å². The Bertz CT molecular complexity index is 1030. The van der Waals surface area contributed by atoms with E-state index in [-0.39, 0.29) is 17.9 Å². The maximum absolute atomic E-state index is 12.9. The van der Waals surface area contributed by atoms with Gasteiger partial charge in [0, 0.05) is 24.5 Å². The average molecular weight is 376 g/mol. The lowest BCUT2D eigenvalue weighted by Crippen LogP contribution is -2.44. The van der Waals surface area contributed by atoms with Gasteiger partial charge in [0.15, 0.2) is 0 Å². The second-order valence-corrected chi connectivity index (χ2v) is 7.36. The molecule has 1 saturated heterocycles. The first-order valence-corrected chi connectivity index (χ1v) is 9.75. The summed E-state index contributed by atoms with van der Waals surface area (Å²) in [7, 11) is 0. The minimum atomic E-state index is -0.391. The first-order chi connectivity index (χ1) is 13.6. The largest absolute Gasteiger partial charge is 0.423 e. The van der Waals surface area contributed by atoms with E-state index < -0.39 is 5.63 Å². The van der Waals surface area contributed by atoms with Crippen LogP contribution < -0.4 is 15.8 Å². The van der Waals surface area contributed by atoms with Gasteiger partial charge in [-0.05, 0) is 36.5 Å². The van der Waals surface area contributed by atoms with Crippen molar-refractivity contribution in [3.8, 4) is 0 Å². The molecule has 144 valence electrons. The molecule has 3 aromatic rings. The van der Waals surface area contributed by atoms with Crippen LogP contribution in [0.4, 0.5) is 5.69 Å². The summed E-state index contributed by atoms with van der Waals surface area (Å²) in [6, 6.07) is 18.9. The quantitative estimate of drug-likeness (QED) is 0.690. The normalized spacial score (nSPS) is 17.6. The van der Waals surface area contributed by atoms with Gasteiger partial charge in [0.25, 0.3) is 0 Å². The number of carbonyl (C=O) groups excluding carboxylic acids is 1. The molecule has 1 aliphatic heterocycles. The Morgan fingerprint density at radius 3 is 2.75 bits per heavy atom. The molecular formula is C23H24N2O3. The molecule has 1 amide bonds. The molecule has 2 aromatic carbocycles. The molecule has 2 heterocycles. The van der Waals surface area contributed by atoms with E-state index in [4.69, 9.17) is 4.42 Å². The van der Waals surface area contributed by atoms with Gasteiger partial charge in [0.2, 0.25) is 5.91 Å². The molecule has 5 heteroatoms. The molecule has 2 atom stereocenters. The number of hydrogen-bond donors (Lipinski definition) is 1. The minimum absolute atomic E-state index is 0.0117. The molecule has 5 nitrogen and oxygen atoms in total. The van der Waals surface area contributed by atoms with Gasteiger partial charge in [0.1, 0.15) is 11.6 Å².